The first-order chi connectivity index (χ1) is 10.0. The average Bonchev–Trinajstić information content (AvgIpc) is 2.78. The third-order valence-corrected chi connectivity index (χ3v) is 3.05. The van der Waals surface area contributed by atoms with Crippen molar-refractivity contribution in [1.82, 2.24) is 9.55 Å². The van der Waals surface area contributed by atoms with Crippen LogP contribution in [0.5, 0.6) is 0 Å². The number of nitrogens with two attached hydrogens (primary N) is 1. The number of nitrogen functional groups attached to an aromatic ring is 1. The molecule has 0 radical (unpaired) electrons. The lowest BCUT2D eigenvalue weighted by molar-refractivity contribution is -0.0322. The molecule has 114 valence electrons. The topological polar surface area (TPSA) is 90.4 Å². The van der Waals surface area contributed by atoms with Gasteiger partial charge in [-0.3, -0.25) is 4.57 Å². The first kappa shape index (κ1) is 15.3. The Morgan fingerprint density at radius 2 is 2.24 bits per heavy atom. The highest BCUT2D eigenvalue weighted by molar-refractivity contribution is 5.58. The molecule has 3 unspecified atom stereocenters. The van der Waals surface area contributed by atoms with Gasteiger partial charge in [0.15, 0.2) is 12.4 Å². The number of ether oxygens (including phenoxy) is 1. The van der Waals surface area contributed by atoms with Crippen molar-refractivity contribution in [3.63, 3.8) is 0 Å². The molecule has 0 bridgehead atoms. The smallest absolute Gasteiger partial charge is 0.351 e. The van der Waals surface area contributed by atoms with Crippen molar-refractivity contribution >= 4 is 11.9 Å². The maximum Gasteiger partial charge on any atom is 0.351 e. The molecular formula is C12H12F3N3O3. The summed E-state index contributed by atoms with van der Waals surface area (Å²) < 4.78 is 44.8. The van der Waals surface area contributed by atoms with Crippen LogP contribution in [0.2, 0.25) is 0 Å². The van der Waals surface area contributed by atoms with Crippen LogP contribution in [0.4, 0.5) is 19.0 Å². The van der Waals surface area contributed by atoms with Crippen LogP contribution in [0, 0.1) is 0 Å². The maximum atomic E-state index is 13.8. The molecule has 0 aliphatic carbocycles. The van der Waals surface area contributed by atoms with Gasteiger partial charge in [-0.15, -0.1) is 0 Å². The summed E-state index contributed by atoms with van der Waals surface area (Å²) in [6, 6.07) is 0. The van der Waals surface area contributed by atoms with Gasteiger partial charge in [-0.05, 0) is 6.08 Å². The molecule has 1 aromatic heterocycles. The molecule has 3 atom stereocenters. The van der Waals surface area contributed by atoms with E-state index in [2.05, 4.69) is 4.98 Å². The Bertz CT molecular complexity index is 644. The molecule has 1 aliphatic heterocycles. The molecule has 3 N–H and O–H groups in total. The van der Waals surface area contributed by atoms with Crippen molar-refractivity contribution in [3.05, 3.63) is 40.5 Å². The lowest BCUT2D eigenvalue weighted by atomic mass is 10.1. The van der Waals surface area contributed by atoms with Crippen LogP contribution >= 0.6 is 0 Å². The van der Waals surface area contributed by atoms with E-state index in [4.69, 9.17) is 15.6 Å². The average molecular weight is 303 g/mol. The minimum Gasteiger partial charge on any atom is -0.394 e. The van der Waals surface area contributed by atoms with Crippen molar-refractivity contribution in [2.75, 3.05) is 12.3 Å². The molecule has 2 rings (SSSR count). The highest BCUT2D eigenvalue weighted by atomic mass is 19.1. The second-order valence-electron chi connectivity index (χ2n) is 4.28. The summed E-state index contributed by atoms with van der Waals surface area (Å²) in [5.74, 6) is -0.232. The maximum absolute atomic E-state index is 13.8. The normalized spacial score (nSPS) is 27.8. The molecule has 0 spiro atoms. The zero-order valence-electron chi connectivity index (χ0n) is 10.6. The summed E-state index contributed by atoms with van der Waals surface area (Å²) in [6.45, 7) is -0.691. The molecule has 1 saturated heterocycles. The summed E-state index contributed by atoms with van der Waals surface area (Å²) in [5, 5.41) is 8.97. The van der Waals surface area contributed by atoms with Crippen molar-refractivity contribution in [3.8, 4) is 0 Å². The van der Waals surface area contributed by atoms with Gasteiger partial charge in [-0.25, -0.2) is 18.0 Å². The first-order valence-corrected chi connectivity index (χ1v) is 5.89. The highest BCUT2D eigenvalue weighted by Crippen LogP contribution is 2.35. The molecule has 1 fully saturated rings. The number of aromatic nitrogens is 2. The number of rotatable bonds is 3. The van der Waals surface area contributed by atoms with E-state index in [9.17, 15) is 18.0 Å². The summed E-state index contributed by atoms with van der Waals surface area (Å²) >= 11 is 0. The second-order valence-corrected chi connectivity index (χ2v) is 4.28. The van der Waals surface area contributed by atoms with Gasteiger partial charge in [-0.2, -0.15) is 4.98 Å². The Labute approximate surface area is 117 Å². The molecule has 9 heteroatoms. The van der Waals surface area contributed by atoms with Crippen LogP contribution in [0.25, 0.3) is 6.08 Å². The first-order valence-electron chi connectivity index (χ1n) is 5.89. The molecule has 0 amide bonds. The molecule has 21 heavy (non-hydrogen) atoms. The predicted molar refractivity (Wildman–Crippen MR) is 68.1 cm³/mol. The van der Waals surface area contributed by atoms with Gasteiger partial charge >= 0.3 is 5.69 Å². The summed E-state index contributed by atoms with van der Waals surface area (Å²) in [7, 11) is 0. The number of hydrogen-bond donors (Lipinski definition) is 2. The molecule has 1 aliphatic rings. The van der Waals surface area contributed by atoms with Gasteiger partial charge in [-0.1, -0.05) is 0 Å². The SMILES string of the molecule is Nc1nc(=O)n(C2OC(CO)C(F)/C2=C\F)cc1/C=C/F. The van der Waals surface area contributed by atoms with Crippen LogP contribution < -0.4 is 11.4 Å². The summed E-state index contributed by atoms with van der Waals surface area (Å²) in [4.78, 5) is 15.2. The van der Waals surface area contributed by atoms with Crippen LogP contribution in [-0.4, -0.2) is 33.5 Å². The lowest BCUT2D eigenvalue weighted by Gasteiger charge is -2.15. The van der Waals surface area contributed by atoms with Gasteiger partial charge in [0.1, 0.15) is 11.9 Å². The minimum atomic E-state index is -1.91. The summed E-state index contributed by atoms with van der Waals surface area (Å²) in [6.07, 6.45) is -2.48. The quantitative estimate of drug-likeness (QED) is 0.864. The number of hydrogen-bond acceptors (Lipinski definition) is 5. The Hall–Kier alpha value is -2.13. The molecule has 6 nitrogen and oxygen atoms in total. The van der Waals surface area contributed by atoms with Gasteiger partial charge in [0.05, 0.1) is 19.3 Å². The number of nitrogens with zero attached hydrogens (tertiary/aromatic N) is 2. The van der Waals surface area contributed by atoms with Crippen molar-refractivity contribution in [2.24, 2.45) is 0 Å². The Morgan fingerprint density at radius 1 is 1.52 bits per heavy atom. The Kier molecular flexibility index (Phi) is 4.43. The lowest BCUT2D eigenvalue weighted by Crippen LogP contribution is -2.29. The van der Waals surface area contributed by atoms with Crippen molar-refractivity contribution in [1.29, 1.82) is 0 Å². The zero-order chi connectivity index (χ0) is 15.6. The third-order valence-electron chi connectivity index (χ3n) is 3.05. The van der Waals surface area contributed by atoms with E-state index in [0.717, 1.165) is 16.8 Å². The van der Waals surface area contributed by atoms with Crippen LogP contribution in [-0.2, 0) is 4.74 Å². The number of aliphatic hydroxyl groups is 1. The van der Waals surface area contributed by atoms with E-state index in [1.54, 1.807) is 0 Å². The fourth-order valence-corrected chi connectivity index (χ4v) is 2.00. The summed E-state index contributed by atoms with van der Waals surface area (Å²) in [5.41, 5.74) is 4.09. The highest BCUT2D eigenvalue weighted by Gasteiger charge is 2.41. The largest absolute Gasteiger partial charge is 0.394 e. The van der Waals surface area contributed by atoms with Crippen molar-refractivity contribution in [2.45, 2.75) is 18.5 Å². The van der Waals surface area contributed by atoms with Crippen molar-refractivity contribution < 1.29 is 23.0 Å². The Morgan fingerprint density at radius 3 is 2.81 bits per heavy atom. The minimum absolute atomic E-state index is 0.0293. The van der Waals surface area contributed by atoms with Gasteiger partial charge in [0.25, 0.3) is 0 Å². The fraction of sp³-hybridized carbons (Fsp3) is 0.333. The molecule has 0 saturated carbocycles. The van der Waals surface area contributed by atoms with Crippen LogP contribution in [0.15, 0.2) is 29.2 Å². The van der Waals surface area contributed by atoms with Gasteiger partial charge in [0, 0.05) is 17.3 Å². The molecule has 1 aromatic rings. The monoisotopic (exact) mass is 303 g/mol. The number of aliphatic hydroxyl groups excluding tert-OH is 1. The second kappa shape index (κ2) is 6.10. The number of halogens is 3. The molecular weight excluding hydrogens is 291 g/mol. The van der Waals surface area contributed by atoms with Crippen LogP contribution in [0.1, 0.15) is 11.8 Å². The molecule has 2 heterocycles. The van der Waals surface area contributed by atoms with E-state index in [0.29, 0.717) is 0 Å². The van der Waals surface area contributed by atoms with Gasteiger partial charge < -0.3 is 15.6 Å². The van der Waals surface area contributed by atoms with Crippen LogP contribution in [0.3, 0.4) is 0 Å². The van der Waals surface area contributed by atoms with E-state index in [1.165, 1.54) is 0 Å². The van der Waals surface area contributed by atoms with E-state index in [1.807, 2.05) is 0 Å². The van der Waals surface area contributed by atoms with E-state index in [-0.39, 0.29) is 24.0 Å². The Balaban J connectivity index is 2.51. The predicted octanol–water partition coefficient (Wildman–Crippen LogP) is 0.847. The van der Waals surface area contributed by atoms with E-state index < -0.39 is 36.4 Å². The van der Waals surface area contributed by atoms with E-state index >= 15 is 0 Å². The fourth-order valence-electron chi connectivity index (χ4n) is 2.00. The standard InChI is InChI=1S/C12H12F3N3O3/c13-2-1-6-4-18(12(20)17-10(6)16)11-7(3-14)9(15)8(5-19)21-11/h1-4,8-9,11,19H,5H2,(H2,16,17,20)/b2-1+,7-3+. The zero-order valence-corrected chi connectivity index (χ0v) is 10.6. The third kappa shape index (κ3) is 2.69. The number of alkyl halides is 1. The number of anilines is 1. The molecule has 0 aromatic carbocycles. The van der Waals surface area contributed by atoms with Gasteiger partial charge in [0.2, 0.25) is 0 Å².